The van der Waals surface area contributed by atoms with E-state index in [1.54, 1.807) is 20.3 Å². The fourth-order valence-electron chi connectivity index (χ4n) is 5.98. The molecule has 1 saturated carbocycles. The number of carbonyl (C=O) groups excluding carboxylic acids is 1. The number of methoxy groups -OCH3 is 2. The molecule has 0 aliphatic heterocycles. The predicted molar refractivity (Wildman–Crippen MR) is 161 cm³/mol. The number of rotatable bonds is 11. The van der Waals surface area contributed by atoms with Crippen LogP contribution in [0.5, 0.6) is 11.5 Å². The van der Waals surface area contributed by atoms with Crippen LogP contribution in [-0.2, 0) is 24.3 Å². The minimum Gasteiger partial charge on any atom is -0.496 e. The second kappa shape index (κ2) is 12.7. The Morgan fingerprint density at radius 3 is 2.40 bits per heavy atom. The highest BCUT2D eigenvalue weighted by Crippen LogP contribution is 2.39. The first-order valence-corrected chi connectivity index (χ1v) is 14.6. The number of anilines is 1. The van der Waals surface area contributed by atoms with E-state index in [0.717, 1.165) is 29.4 Å². The Hall–Kier alpha value is -4.34. The summed E-state index contributed by atoms with van der Waals surface area (Å²) >= 11 is 0. The Kier molecular flexibility index (Phi) is 8.80. The number of nitrogens with one attached hydrogen (secondary N) is 1. The van der Waals surface area contributed by atoms with Crippen molar-refractivity contribution in [3.05, 3.63) is 53.2 Å². The van der Waals surface area contributed by atoms with Gasteiger partial charge in [-0.25, -0.2) is 4.68 Å². The molecule has 10 heteroatoms. The van der Waals surface area contributed by atoms with Gasteiger partial charge in [-0.1, -0.05) is 45.1 Å². The Morgan fingerprint density at radius 1 is 1.05 bits per heavy atom. The molecule has 1 fully saturated rings. The summed E-state index contributed by atoms with van der Waals surface area (Å²) in [6.45, 7) is 4.30. The molecule has 1 aliphatic rings. The minimum absolute atomic E-state index is 0.129. The van der Waals surface area contributed by atoms with Crippen LogP contribution in [0.15, 0.2) is 36.4 Å². The van der Waals surface area contributed by atoms with Crippen molar-refractivity contribution >= 4 is 28.7 Å². The van der Waals surface area contributed by atoms with E-state index in [-0.39, 0.29) is 18.2 Å². The van der Waals surface area contributed by atoms with E-state index in [1.807, 2.05) is 41.9 Å². The molecule has 42 heavy (non-hydrogen) atoms. The van der Waals surface area contributed by atoms with Crippen molar-refractivity contribution in [2.75, 3.05) is 19.5 Å². The zero-order chi connectivity index (χ0) is 29.8. The van der Waals surface area contributed by atoms with Crippen molar-refractivity contribution in [3.8, 4) is 22.9 Å². The van der Waals surface area contributed by atoms with Crippen LogP contribution in [0, 0.1) is 12.8 Å². The van der Waals surface area contributed by atoms with Gasteiger partial charge in [-0.3, -0.25) is 14.9 Å². The van der Waals surface area contributed by atoms with Gasteiger partial charge in [0.25, 0.3) is 5.91 Å². The topological polar surface area (TPSA) is 120 Å². The lowest BCUT2D eigenvalue weighted by Gasteiger charge is -2.21. The second-order valence-corrected chi connectivity index (χ2v) is 11.0. The number of carboxylic acid groups (broad SMARTS) is 1. The van der Waals surface area contributed by atoms with Gasteiger partial charge in [0.05, 0.1) is 14.2 Å². The average molecular weight is 574 g/mol. The Morgan fingerprint density at radius 2 is 1.76 bits per heavy atom. The molecule has 0 bridgehead atoms. The number of hydrogen-bond donors (Lipinski definition) is 2. The molecule has 5 rings (SSSR count). The lowest BCUT2D eigenvalue weighted by Crippen LogP contribution is -2.20. The first kappa shape index (κ1) is 29.2. The molecule has 1 amide bonds. The summed E-state index contributed by atoms with van der Waals surface area (Å²) in [6, 6.07) is 11.4. The number of aromatic nitrogens is 4. The summed E-state index contributed by atoms with van der Waals surface area (Å²) in [7, 11) is 3.21. The predicted octanol–water partition coefficient (Wildman–Crippen LogP) is 6.10. The molecule has 10 nitrogen and oxygen atoms in total. The summed E-state index contributed by atoms with van der Waals surface area (Å²) in [5, 5.41) is 18.0. The molecule has 2 aromatic carbocycles. The summed E-state index contributed by atoms with van der Waals surface area (Å²) in [5.74, 6) is 0.971. The van der Waals surface area contributed by atoms with E-state index < -0.39 is 11.9 Å². The van der Waals surface area contributed by atoms with E-state index in [1.165, 1.54) is 36.7 Å². The number of fused-ring (bicyclic) bond motifs is 1. The van der Waals surface area contributed by atoms with Crippen LogP contribution >= 0.6 is 0 Å². The molecule has 2 N–H and O–H groups in total. The third kappa shape index (κ3) is 6.12. The highest BCUT2D eigenvalue weighted by molar-refractivity contribution is 6.06. The van der Waals surface area contributed by atoms with E-state index >= 15 is 0 Å². The molecule has 2 aromatic heterocycles. The zero-order valence-corrected chi connectivity index (χ0v) is 24.8. The normalized spacial score (nSPS) is 13.8. The Balaban J connectivity index is 1.53. The molecule has 222 valence electrons. The van der Waals surface area contributed by atoms with Gasteiger partial charge in [-0.05, 0) is 67.1 Å². The fraction of sp³-hybridized carbons (Fsp3) is 0.438. The van der Waals surface area contributed by atoms with Gasteiger partial charge in [0.1, 0.15) is 29.3 Å². The van der Waals surface area contributed by atoms with Crippen LogP contribution in [0.25, 0.3) is 22.3 Å². The largest absolute Gasteiger partial charge is 0.496 e. The standard InChI is InChI=1S/C32H39N5O5/c1-5-21-11-12-24-23(17-21)18-25(36(24)19-28(38)39)31(40)34-32-33-30(29-26(41-3)15-20(2)16-27(29)42-4)37(35-32)14-13-22-9-7-6-8-10-22/h11-12,15-18,22H,5-10,13-14,19H2,1-4H3,(H,38,39)(H,34,35,40). The van der Waals surface area contributed by atoms with Gasteiger partial charge < -0.3 is 19.1 Å². The number of benzene rings is 2. The quantitative estimate of drug-likeness (QED) is 0.223. The maximum atomic E-state index is 13.6. The van der Waals surface area contributed by atoms with Gasteiger partial charge in [0.2, 0.25) is 5.95 Å². The maximum absolute atomic E-state index is 13.6. The Bertz CT molecular complexity index is 1570. The molecule has 0 spiro atoms. The summed E-state index contributed by atoms with van der Waals surface area (Å²) in [6.07, 6.45) is 7.99. The van der Waals surface area contributed by atoms with Crippen molar-refractivity contribution in [1.29, 1.82) is 0 Å². The number of nitrogens with zero attached hydrogens (tertiary/aromatic N) is 4. The van der Waals surface area contributed by atoms with E-state index in [2.05, 4.69) is 12.2 Å². The number of ether oxygens (including phenoxy) is 2. The van der Waals surface area contributed by atoms with Crippen LogP contribution in [0.4, 0.5) is 5.95 Å². The molecular formula is C32H39N5O5. The SMILES string of the molecule is CCc1ccc2c(c1)cc(C(=O)Nc1nc(-c3c(OC)cc(C)cc3OC)n(CCC3CCCCC3)n1)n2CC(=O)O. The number of carboxylic acids is 1. The smallest absolute Gasteiger partial charge is 0.323 e. The third-order valence-electron chi connectivity index (χ3n) is 8.14. The number of carbonyl (C=O) groups is 2. The highest BCUT2D eigenvalue weighted by atomic mass is 16.5. The molecule has 1 aliphatic carbocycles. The highest BCUT2D eigenvalue weighted by Gasteiger charge is 2.25. The lowest BCUT2D eigenvalue weighted by molar-refractivity contribution is -0.137. The first-order valence-electron chi connectivity index (χ1n) is 14.6. The van der Waals surface area contributed by atoms with E-state index in [4.69, 9.17) is 19.6 Å². The van der Waals surface area contributed by atoms with Crippen LogP contribution < -0.4 is 14.8 Å². The number of hydrogen-bond acceptors (Lipinski definition) is 6. The Labute approximate surface area is 245 Å². The number of amides is 1. The van der Waals surface area contributed by atoms with Crippen LogP contribution in [-0.4, -0.2) is 50.5 Å². The number of aliphatic carboxylic acids is 1. The van der Waals surface area contributed by atoms with Crippen molar-refractivity contribution in [2.45, 2.75) is 71.9 Å². The second-order valence-electron chi connectivity index (χ2n) is 11.0. The van der Waals surface area contributed by atoms with Crippen molar-refractivity contribution in [2.24, 2.45) is 5.92 Å². The third-order valence-corrected chi connectivity index (χ3v) is 8.14. The van der Waals surface area contributed by atoms with Crippen LogP contribution in [0.3, 0.4) is 0 Å². The van der Waals surface area contributed by atoms with E-state index in [9.17, 15) is 14.7 Å². The summed E-state index contributed by atoms with van der Waals surface area (Å²) < 4.78 is 14.8. The molecule has 0 atom stereocenters. The molecule has 2 heterocycles. The number of aryl methyl sites for hydroxylation is 3. The van der Waals surface area contributed by atoms with Crippen LogP contribution in [0.1, 0.15) is 67.1 Å². The first-order chi connectivity index (χ1) is 20.3. The van der Waals surface area contributed by atoms with Gasteiger partial charge in [-0.15, -0.1) is 5.10 Å². The molecule has 0 radical (unpaired) electrons. The fourth-order valence-corrected chi connectivity index (χ4v) is 5.98. The molecule has 4 aromatic rings. The lowest BCUT2D eigenvalue weighted by atomic mass is 9.87. The summed E-state index contributed by atoms with van der Waals surface area (Å²) in [5.41, 5.74) is 3.65. The van der Waals surface area contributed by atoms with Crippen LogP contribution in [0.2, 0.25) is 0 Å². The molecule has 0 unspecified atom stereocenters. The minimum atomic E-state index is -1.04. The van der Waals surface area contributed by atoms with Crippen molar-refractivity contribution in [3.63, 3.8) is 0 Å². The van der Waals surface area contributed by atoms with Gasteiger partial charge in [0, 0.05) is 17.4 Å². The zero-order valence-electron chi connectivity index (χ0n) is 24.8. The monoisotopic (exact) mass is 573 g/mol. The van der Waals surface area contributed by atoms with Crippen molar-refractivity contribution in [1.82, 2.24) is 19.3 Å². The van der Waals surface area contributed by atoms with Crippen molar-refractivity contribution < 1.29 is 24.2 Å². The summed E-state index contributed by atoms with van der Waals surface area (Å²) in [4.78, 5) is 30.1. The molecule has 0 saturated heterocycles. The average Bonchev–Trinajstić information content (AvgIpc) is 3.55. The maximum Gasteiger partial charge on any atom is 0.323 e. The van der Waals surface area contributed by atoms with Gasteiger partial charge in [0.15, 0.2) is 5.82 Å². The van der Waals surface area contributed by atoms with E-state index in [0.29, 0.717) is 40.9 Å². The molecular weight excluding hydrogens is 534 g/mol. The van der Waals surface area contributed by atoms with Gasteiger partial charge in [-0.2, -0.15) is 4.98 Å². The van der Waals surface area contributed by atoms with Gasteiger partial charge >= 0.3 is 5.97 Å².